The monoisotopic (exact) mass is 286 g/mol. The molecule has 0 radical (unpaired) electrons. The van der Waals surface area contributed by atoms with Crippen LogP contribution in [0.4, 0.5) is 0 Å². The minimum atomic E-state index is -0.172. The largest absolute Gasteiger partial charge is 0.379 e. The zero-order chi connectivity index (χ0) is 14.7. The van der Waals surface area contributed by atoms with Crippen LogP contribution in [0.2, 0.25) is 0 Å². The quantitative estimate of drug-likeness (QED) is 0.934. The molecule has 2 atom stereocenters. The van der Waals surface area contributed by atoms with Crippen molar-refractivity contribution in [2.75, 3.05) is 20.3 Å². The van der Waals surface area contributed by atoms with Crippen LogP contribution in [0, 0.1) is 0 Å². The first-order chi connectivity index (χ1) is 10.3. The molecule has 1 N–H and O–H groups in total. The number of benzene rings is 1. The molecule has 1 aromatic heterocycles. The Morgan fingerprint density at radius 3 is 3.05 bits per heavy atom. The van der Waals surface area contributed by atoms with Gasteiger partial charge in [0.2, 0.25) is 0 Å². The van der Waals surface area contributed by atoms with Crippen LogP contribution in [0.3, 0.4) is 0 Å². The van der Waals surface area contributed by atoms with E-state index in [4.69, 9.17) is 9.47 Å². The second-order valence-corrected chi connectivity index (χ2v) is 5.11. The normalized spacial score (nSPS) is 22.1. The smallest absolute Gasteiger partial charge is 0.270 e. The average molecular weight is 286 g/mol. The second-order valence-electron chi connectivity index (χ2n) is 5.11. The van der Waals surface area contributed by atoms with Crippen LogP contribution in [-0.2, 0) is 9.47 Å². The SMILES string of the molecule is CO[C@@H]1COCC[C@H]1NC(=O)c1ccc2ccccc2n1. The maximum atomic E-state index is 12.3. The molecule has 21 heavy (non-hydrogen) atoms. The van der Waals surface area contributed by atoms with Gasteiger partial charge in [0.25, 0.3) is 5.91 Å². The number of amides is 1. The van der Waals surface area contributed by atoms with E-state index in [1.807, 2.05) is 30.3 Å². The Hall–Kier alpha value is -1.98. The third kappa shape index (κ3) is 3.04. The summed E-state index contributed by atoms with van der Waals surface area (Å²) in [5, 5.41) is 4.02. The van der Waals surface area contributed by atoms with Crippen molar-refractivity contribution in [1.29, 1.82) is 0 Å². The van der Waals surface area contributed by atoms with Crippen LogP contribution >= 0.6 is 0 Å². The summed E-state index contributed by atoms with van der Waals surface area (Å²) in [6.45, 7) is 1.14. The van der Waals surface area contributed by atoms with Gasteiger partial charge in [-0.2, -0.15) is 0 Å². The molecular weight excluding hydrogens is 268 g/mol. The summed E-state index contributed by atoms with van der Waals surface area (Å²) in [5.41, 5.74) is 1.25. The van der Waals surface area contributed by atoms with Gasteiger partial charge in [0, 0.05) is 19.1 Å². The van der Waals surface area contributed by atoms with Crippen molar-refractivity contribution in [2.45, 2.75) is 18.6 Å². The Balaban J connectivity index is 1.76. The third-order valence-corrected chi connectivity index (χ3v) is 3.75. The number of aromatic nitrogens is 1. The van der Waals surface area contributed by atoms with Crippen LogP contribution in [-0.4, -0.2) is 43.4 Å². The number of fused-ring (bicyclic) bond motifs is 1. The fourth-order valence-corrected chi connectivity index (χ4v) is 2.54. The summed E-state index contributed by atoms with van der Waals surface area (Å²) >= 11 is 0. The first-order valence-corrected chi connectivity index (χ1v) is 7.05. The van der Waals surface area contributed by atoms with E-state index in [-0.39, 0.29) is 18.1 Å². The van der Waals surface area contributed by atoms with Crippen molar-refractivity contribution in [3.05, 3.63) is 42.1 Å². The highest BCUT2D eigenvalue weighted by atomic mass is 16.5. The Kier molecular flexibility index (Phi) is 4.13. The molecule has 2 aromatic rings. The van der Waals surface area contributed by atoms with Gasteiger partial charge in [0.1, 0.15) is 11.8 Å². The van der Waals surface area contributed by atoms with Gasteiger partial charge < -0.3 is 14.8 Å². The molecule has 0 spiro atoms. The molecule has 5 heteroatoms. The lowest BCUT2D eigenvalue weighted by atomic mass is 10.1. The van der Waals surface area contributed by atoms with Gasteiger partial charge in [-0.1, -0.05) is 24.3 Å². The molecule has 0 bridgehead atoms. The number of hydrogen-bond donors (Lipinski definition) is 1. The number of para-hydroxylation sites is 1. The topological polar surface area (TPSA) is 60.5 Å². The lowest BCUT2D eigenvalue weighted by Crippen LogP contribution is -2.49. The average Bonchev–Trinajstić information content (AvgIpc) is 2.55. The van der Waals surface area contributed by atoms with Gasteiger partial charge in [-0.3, -0.25) is 4.79 Å². The van der Waals surface area contributed by atoms with Crippen LogP contribution in [0.1, 0.15) is 16.9 Å². The maximum Gasteiger partial charge on any atom is 0.270 e. The fourth-order valence-electron chi connectivity index (χ4n) is 2.54. The molecule has 1 fully saturated rings. The predicted molar refractivity (Wildman–Crippen MR) is 79.2 cm³/mol. The van der Waals surface area contributed by atoms with Gasteiger partial charge in [0.15, 0.2) is 0 Å². The molecule has 0 saturated carbocycles. The summed E-state index contributed by atoms with van der Waals surface area (Å²) < 4.78 is 10.7. The predicted octanol–water partition coefficient (Wildman–Crippen LogP) is 1.77. The molecule has 3 rings (SSSR count). The Bertz CT molecular complexity index is 644. The van der Waals surface area contributed by atoms with Crippen LogP contribution in [0.25, 0.3) is 10.9 Å². The first-order valence-electron chi connectivity index (χ1n) is 7.05. The number of rotatable bonds is 3. The van der Waals surface area contributed by atoms with E-state index in [0.717, 1.165) is 17.3 Å². The molecular formula is C16H18N2O3. The van der Waals surface area contributed by atoms with Crippen molar-refractivity contribution in [3.8, 4) is 0 Å². The Morgan fingerprint density at radius 1 is 1.33 bits per heavy atom. The third-order valence-electron chi connectivity index (χ3n) is 3.75. The van der Waals surface area contributed by atoms with Crippen molar-refractivity contribution in [1.82, 2.24) is 10.3 Å². The van der Waals surface area contributed by atoms with Crippen LogP contribution in [0.15, 0.2) is 36.4 Å². The van der Waals surface area contributed by atoms with Crippen molar-refractivity contribution in [2.24, 2.45) is 0 Å². The summed E-state index contributed by atoms with van der Waals surface area (Å²) in [4.78, 5) is 16.8. The van der Waals surface area contributed by atoms with Crippen molar-refractivity contribution < 1.29 is 14.3 Å². The molecule has 110 valence electrons. The number of nitrogens with one attached hydrogen (secondary N) is 1. The van der Waals surface area contributed by atoms with E-state index in [2.05, 4.69) is 10.3 Å². The molecule has 5 nitrogen and oxygen atoms in total. The van der Waals surface area contributed by atoms with E-state index in [1.165, 1.54) is 0 Å². The van der Waals surface area contributed by atoms with Gasteiger partial charge in [-0.05, 0) is 18.6 Å². The molecule has 2 heterocycles. The lowest BCUT2D eigenvalue weighted by molar-refractivity contribution is -0.0479. The van der Waals surface area contributed by atoms with E-state index < -0.39 is 0 Å². The number of carbonyl (C=O) groups excluding carboxylic acids is 1. The van der Waals surface area contributed by atoms with E-state index in [1.54, 1.807) is 13.2 Å². The molecule has 1 aliphatic heterocycles. The number of carbonyl (C=O) groups is 1. The second kappa shape index (κ2) is 6.20. The Morgan fingerprint density at radius 2 is 2.19 bits per heavy atom. The molecule has 1 amide bonds. The molecule has 0 aliphatic carbocycles. The van der Waals surface area contributed by atoms with E-state index in [0.29, 0.717) is 18.9 Å². The summed E-state index contributed by atoms with van der Waals surface area (Å²) in [7, 11) is 1.63. The van der Waals surface area contributed by atoms with Crippen molar-refractivity contribution in [3.63, 3.8) is 0 Å². The highest BCUT2D eigenvalue weighted by Gasteiger charge is 2.27. The fraction of sp³-hybridized carbons (Fsp3) is 0.375. The number of methoxy groups -OCH3 is 1. The molecule has 0 unspecified atom stereocenters. The van der Waals surface area contributed by atoms with Crippen LogP contribution < -0.4 is 5.32 Å². The number of pyridine rings is 1. The van der Waals surface area contributed by atoms with Gasteiger partial charge in [-0.25, -0.2) is 4.98 Å². The zero-order valence-corrected chi connectivity index (χ0v) is 11.9. The molecule has 1 saturated heterocycles. The summed E-state index contributed by atoms with van der Waals surface area (Å²) in [5.74, 6) is -0.172. The van der Waals surface area contributed by atoms with Gasteiger partial charge >= 0.3 is 0 Å². The Labute approximate surface area is 123 Å². The number of ether oxygens (including phenoxy) is 2. The summed E-state index contributed by atoms with van der Waals surface area (Å²) in [6.07, 6.45) is 0.640. The van der Waals surface area contributed by atoms with E-state index in [9.17, 15) is 4.79 Å². The number of hydrogen-bond acceptors (Lipinski definition) is 4. The van der Waals surface area contributed by atoms with Crippen LogP contribution in [0.5, 0.6) is 0 Å². The lowest BCUT2D eigenvalue weighted by Gasteiger charge is -2.30. The molecule has 1 aliphatic rings. The maximum absolute atomic E-state index is 12.3. The highest BCUT2D eigenvalue weighted by Crippen LogP contribution is 2.14. The van der Waals surface area contributed by atoms with Gasteiger partial charge in [0.05, 0.1) is 18.2 Å². The number of nitrogens with zero attached hydrogens (tertiary/aromatic N) is 1. The summed E-state index contributed by atoms with van der Waals surface area (Å²) in [6, 6.07) is 11.4. The van der Waals surface area contributed by atoms with Gasteiger partial charge in [-0.15, -0.1) is 0 Å². The zero-order valence-electron chi connectivity index (χ0n) is 11.9. The standard InChI is InChI=1S/C16H18N2O3/c1-20-15-10-21-9-8-13(15)18-16(19)14-7-6-11-4-2-3-5-12(11)17-14/h2-7,13,15H,8-10H2,1H3,(H,18,19)/t13-,15-/m1/s1. The minimum Gasteiger partial charge on any atom is -0.379 e. The van der Waals surface area contributed by atoms with E-state index >= 15 is 0 Å². The highest BCUT2D eigenvalue weighted by molar-refractivity contribution is 5.95. The van der Waals surface area contributed by atoms with Crippen molar-refractivity contribution >= 4 is 16.8 Å². The first kappa shape index (κ1) is 14.0. The minimum absolute atomic E-state index is 0.0375. The molecule has 1 aromatic carbocycles.